The van der Waals surface area contributed by atoms with Crippen LogP contribution in [0.2, 0.25) is 0 Å². The third-order valence-corrected chi connectivity index (χ3v) is 4.95. The fourth-order valence-corrected chi connectivity index (χ4v) is 3.84. The summed E-state index contributed by atoms with van der Waals surface area (Å²) in [5.41, 5.74) is 2.54. The van der Waals surface area contributed by atoms with Crippen molar-refractivity contribution >= 4 is 10.9 Å². The van der Waals surface area contributed by atoms with Gasteiger partial charge in [0.15, 0.2) is 5.75 Å². The van der Waals surface area contributed by atoms with E-state index in [4.69, 9.17) is 0 Å². The third-order valence-electron chi connectivity index (χ3n) is 4.95. The normalized spacial score (nSPS) is 16.5. The zero-order chi connectivity index (χ0) is 16.5. The van der Waals surface area contributed by atoms with Crippen LogP contribution in [0, 0.1) is 0 Å². The first-order chi connectivity index (χ1) is 11.7. The summed E-state index contributed by atoms with van der Waals surface area (Å²) in [4.78, 5) is 5.78. The van der Waals surface area contributed by atoms with E-state index < -0.39 is 0 Å². The lowest BCUT2D eigenvalue weighted by Crippen LogP contribution is -3.10. The number of nitrogens with one attached hydrogen (secondary N) is 1. The van der Waals surface area contributed by atoms with Gasteiger partial charge in [0.05, 0.1) is 18.7 Å². The lowest BCUT2D eigenvalue weighted by Gasteiger charge is -2.26. The van der Waals surface area contributed by atoms with Crippen molar-refractivity contribution in [2.45, 2.75) is 18.9 Å². The highest BCUT2D eigenvalue weighted by Crippen LogP contribution is 2.34. The molecule has 2 aromatic carbocycles. The maximum Gasteiger partial charge on any atom is 0.151 e. The number of aromatic hydroxyl groups is 2. The number of phenolic OH excluding ortho intramolecular Hbond substituents is 2. The van der Waals surface area contributed by atoms with Crippen LogP contribution in [0.4, 0.5) is 0 Å². The van der Waals surface area contributed by atoms with Crippen LogP contribution in [0.1, 0.15) is 30.0 Å². The predicted octanol–water partition coefficient (Wildman–Crippen LogP) is 2.41. The van der Waals surface area contributed by atoms with E-state index in [9.17, 15) is 10.2 Å². The molecule has 4 rings (SSSR count). The minimum atomic E-state index is 0.00556. The Hall–Kier alpha value is -2.59. The van der Waals surface area contributed by atoms with E-state index in [1.807, 2.05) is 36.4 Å². The molecule has 3 N–H and O–H groups in total. The number of phenols is 2. The highest BCUT2D eigenvalue weighted by Gasteiger charge is 2.31. The number of likely N-dealkylation sites (tertiary alicyclic amines) is 1. The highest BCUT2D eigenvalue weighted by molar-refractivity contribution is 5.85. The Morgan fingerprint density at radius 2 is 1.79 bits per heavy atom. The molecule has 24 heavy (non-hydrogen) atoms. The first-order valence-electron chi connectivity index (χ1n) is 8.44. The zero-order valence-corrected chi connectivity index (χ0v) is 13.4. The lowest BCUT2D eigenvalue weighted by molar-refractivity contribution is -0.913. The molecule has 1 aliphatic rings. The Bertz CT molecular complexity index is 872. The average molecular weight is 321 g/mol. The number of pyridine rings is 1. The topological polar surface area (TPSA) is 57.8 Å². The molecular formula is C20H21N2O2+. The Labute approximate surface area is 141 Å². The molecule has 1 aromatic heterocycles. The number of quaternary nitrogens is 1. The predicted molar refractivity (Wildman–Crippen MR) is 93.3 cm³/mol. The van der Waals surface area contributed by atoms with Crippen molar-refractivity contribution in [1.82, 2.24) is 4.98 Å². The van der Waals surface area contributed by atoms with Gasteiger partial charge in [0.25, 0.3) is 0 Å². The molecule has 1 fully saturated rings. The molecular weight excluding hydrogens is 300 g/mol. The Balaban J connectivity index is 1.88. The second kappa shape index (κ2) is 6.13. The molecule has 4 nitrogen and oxygen atoms in total. The molecule has 2 heterocycles. The van der Waals surface area contributed by atoms with Gasteiger partial charge in [0.1, 0.15) is 17.3 Å². The van der Waals surface area contributed by atoms with Gasteiger partial charge >= 0.3 is 0 Å². The molecule has 3 aromatic rings. The molecule has 1 atom stereocenters. The largest absolute Gasteiger partial charge is 0.508 e. The number of nitrogens with zero attached hydrogens (tertiary/aromatic N) is 1. The van der Waals surface area contributed by atoms with Gasteiger partial charge in [-0.05, 0) is 24.3 Å². The summed E-state index contributed by atoms with van der Waals surface area (Å²) in [5.74, 6) is 0.510. The minimum Gasteiger partial charge on any atom is -0.508 e. The van der Waals surface area contributed by atoms with Crippen LogP contribution in [-0.2, 0) is 0 Å². The smallest absolute Gasteiger partial charge is 0.151 e. The third kappa shape index (κ3) is 2.59. The number of fused-ring (bicyclic) bond motifs is 1. The van der Waals surface area contributed by atoms with Gasteiger partial charge in [0.2, 0.25) is 0 Å². The summed E-state index contributed by atoms with van der Waals surface area (Å²) in [5, 5.41) is 21.7. The molecule has 1 aliphatic heterocycles. The molecule has 1 saturated heterocycles. The van der Waals surface area contributed by atoms with Crippen molar-refractivity contribution in [2.24, 2.45) is 0 Å². The molecule has 0 radical (unpaired) electrons. The summed E-state index contributed by atoms with van der Waals surface area (Å²) < 4.78 is 0. The van der Waals surface area contributed by atoms with E-state index in [0.717, 1.165) is 29.6 Å². The van der Waals surface area contributed by atoms with Crippen molar-refractivity contribution < 1.29 is 15.1 Å². The molecule has 4 heteroatoms. The maximum absolute atomic E-state index is 10.9. The highest BCUT2D eigenvalue weighted by atomic mass is 16.3. The van der Waals surface area contributed by atoms with Crippen molar-refractivity contribution in [1.29, 1.82) is 0 Å². The number of rotatable bonds is 3. The Morgan fingerprint density at radius 3 is 2.58 bits per heavy atom. The quantitative estimate of drug-likeness (QED) is 0.694. The minimum absolute atomic E-state index is 0.00556. The second-order valence-electron chi connectivity index (χ2n) is 6.47. The monoisotopic (exact) mass is 321 g/mol. The molecule has 0 aliphatic carbocycles. The number of hydrogen-bond donors (Lipinski definition) is 3. The van der Waals surface area contributed by atoms with Crippen molar-refractivity contribution in [3.8, 4) is 11.5 Å². The van der Waals surface area contributed by atoms with Crippen LogP contribution in [0.15, 0.2) is 54.7 Å². The van der Waals surface area contributed by atoms with E-state index in [2.05, 4.69) is 4.98 Å². The summed E-state index contributed by atoms with van der Waals surface area (Å²) in [6.07, 6.45) is 4.09. The van der Waals surface area contributed by atoms with Crippen molar-refractivity contribution in [3.05, 3.63) is 65.9 Å². The van der Waals surface area contributed by atoms with E-state index >= 15 is 0 Å². The standard InChI is InChI=1S/C20H20N2O2/c23-16-7-3-5-15(13-16)19(22-11-1-2-12-22)17-9-8-14-6-4-10-21-18(14)20(17)24/h3-10,13,19,23-24H,1-2,11-12H2/p+1. The number of hydrogen-bond acceptors (Lipinski definition) is 3. The van der Waals surface area contributed by atoms with E-state index in [1.165, 1.54) is 17.7 Å². The first kappa shape index (κ1) is 15.0. The van der Waals surface area contributed by atoms with Crippen LogP contribution < -0.4 is 4.90 Å². The van der Waals surface area contributed by atoms with E-state index in [0.29, 0.717) is 5.52 Å². The first-order valence-corrected chi connectivity index (χ1v) is 8.44. The van der Waals surface area contributed by atoms with E-state index in [-0.39, 0.29) is 17.5 Å². The van der Waals surface area contributed by atoms with Crippen molar-refractivity contribution in [3.63, 3.8) is 0 Å². The Kier molecular flexibility index (Phi) is 3.82. The molecule has 0 saturated carbocycles. The molecule has 122 valence electrons. The Morgan fingerprint density at radius 1 is 0.958 bits per heavy atom. The van der Waals surface area contributed by atoms with Gasteiger partial charge in [-0.25, -0.2) is 0 Å². The molecule has 0 amide bonds. The van der Waals surface area contributed by atoms with Gasteiger partial charge in [-0.15, -0.1) is 0 Å². The van der Waals surface area contributed by atoms with Crippen molar-refractivity contribution in [2.75, 3.05) is 13.1 Å². The number of aromatic nitrogens is 1. The molecule has 0 bridgehead atoms. The summed E-state index contributed by atoms with van der Waals surface area (Å²) in [7, 11) is 0. The fraction of sp³-hybridized carbons (Fsp3) is 0.250. The van der Waals surface area contributed by atoms with Crippen LogP contribution >= 0.6 is 0 Å². The second-order valence-corrected chi connectivity index (χ2v) is 6.47. The van der Waals surface area contributed by atoms with Crippen LogP contribution in [-0.4, -0.2) is 28.3 Å². The maximum atomic E-state index is 10.9. The van der Waals surface area contributed by atoms with E-state index in [1.54, 1.807) is 18.3 Å². The van der Waals surface area contributed by atoms with Gasteiger partial charge in [0, 0.05) is 30.0 Å². The lowest BCUT2D eigenvalue weighted by atomic mass is 9.95. The van der Waals surface area contributed by atoms with Gasteiger partial charge in [-0.2, -0.15) is 0 Å². The van der Waals surface area contributed by atoms with Crippen LogP contribution in [0.5, 0.6) is 11.5 Å². The van der Waals surface area contributed by atoms with Gasteiger partial charge in [-0.1, -0.05) is 24.3 Å². The summed E-state index contributed by atoms with van der Waals surface area (Å²) >= 11 is 0. The summed E-state index contributed by atoms with van der Waals surface area (Å²) in [6, 6.07) is 15.2. The van der Waals surface area contributed by atoms with Crippen LogP contribution in [0.25, 0.3) is 10.9 Å². The zero-order valence-electron chi connectivity index (χ0n) is 13.4. The average Bonchev–Trinajstić information content (AvgIpc) is 3.12. The summed E-state index contributed by atoms with van der Waals surface area (Å²) in [6.45, 7) is 2.14. The molecule has 0 spiro atoms. The number of benzene rings is 2. The fourth-order valence-electron chi connectivity index (χ4n) is 3.84. The van der Waals surface area contributed by atoms with Crippen LogP contribution in [0.3, 0.4) is 0 Å². The SMILES string of the molecule is Oc1cccc(C(c2ccc3cccnc3c2O)[NH+]2CCCC2)c1. The van der Waals surface area contributed by atoms with Gasteiger partial charge in [-0.3, -0.25) is 4.98 Å². The van der Waals surface area contributed by atoms with Gasteiger partial charge < -0.3 is 15.1 Å². The molecule has 1 unspecified atom stereocenters.